The summed E-state index contributed by atoms with van der Waals surface area (Å²) < 4.78 is 37.1. The standard InChI is InChI=1S/C35H55N2O7PSi/c1-10-29-26(5)31-23-42-35(39)32(31)33(41-19-21-46(7,8)9)30(29)17-16-25(4)22-36-18-20-45(40,44-28-14-12-11-13-15-28)37-27(6)34(38)43-24(2)3/h12,14-16,24,27,36H,10-11,13,17-23H2,1-9H3,(H,37,40)/b25-16+/t27-,45?/m0/s1. The highest BCUT2D eigenvalue weighted by atomic mass is 31.2. The van der Waals surface area contributed by atoms with Crippen molar-refractivity contribution in [2.24, 2.45) is 0 Å². The molecule has 1 aliphatic heterocycles. The van der Waals surface area contributed by atoms with Gasteiger partial charge in [-0.3, -0.25) is 9.36 Å². The van der Waals surface area contributed by atoms with Crippen LogP contribution in [-0.2, 0) is 42.8 Å². The molecule has 2 N–H and O–H groups in total. The van der Waals surface area contributed by atoms with E-state index in [9.17, 15) is 14.2 Å². The average molecular weight is 675 g/mol. The number of cyclic esters (lactones) is 1. The van der Waals surface area contributed by atoms with Crippen LogP contribution in [-0.4, -0.2) is 58.0 Å². The molecule has 1 heterocycles. The number of esters is 2. The molecule has 0 bridgehead atoms. The Morgan fingerprint density at radius 1 is 1.17 bits per heavy atom. The summed E-state index contributed by atoms with van der Waals surface area (Å²) in [5.74, 6) is 0.448. The Kier molecular flexibility index (Phi) is 13.9. The third kappa shape index (κ3) is 11.0. The number of hydrogen-bond donors (Lipinski definition) is 2. The van der Waals surface area contributed by atoms with Crippen LogP contribution < -0.4 is 15.1 Å². The van der Waals surface area contributed by atoms with Crippen LogP contribution in [0.15, 0.2) is 35.6 Å². The zero-order chi connectivity index (χ0) is 34.1. The zero-order valence-electron chi connectivity index (χ0n) is 29.3. The molecule has 0 fully saturated rings. The van der Waals surface area contributed by atoms with Crippen molar-refractivity contribution in [1.29, 1.82) is 0 Å². The van der Waals surface area contributed by atoms with Crippen LogP contribution in [0.3, 0.4) is 0 Å². The van der Waals surface area contributed by atoms with E-state index in [1.54, 1.807) is 20.8 Å². The molecule has 0 aromatic heterocycles. The van der Waals surface area contributed by atoms with Crippen molar-refractivity contribution in [3.8, 4) is 5.75 Å². The minimum absolute atomic E-state index is 0.186. The lowest BCUT2D eigenvalue weighted by atomic mass is 9.89. The second-order valence-corrected chi connectivity index (χ2v) is 21.6. The third-order valence-electron chi connectivity index (χ3n) is 8.03. The smallest absolute Gasteiger partial charge is 0.342 e. The van der Waals surface area contributed by atoms with E-state index in [2.05, 4.69) is 56.9 Å². The van der Waals surface area contributed by atoms with E-state index in [0.29, 0.717) is 49.8 Å². The van der Waals surface area contributed by atoms with Crippen molar-refractivity contribution >= 4 is 27.5 Å². The Hall–Kier alpha value is -2.65. The maximum absolute atomic E-state index is 13.9. The summed E-state index contributed by atoms with van der Waals surface area (Å²) in [6.07, 6.45) is 11.0. The molecule has 256 valence electrons. The van der Waals surface area contributed by atoms with Crippen molar-refractivity contribution < 1.29 is 32.9 Å². The first-order valence-corrected chi connectivity index (χ1v) is 22.1. The first-order chi connectivity index (χ1) is 21.6. The second-order valence-electron chi connectivity index (χ2n) is 13.7. The van der Waals surface area contributed by atoms with Gasteiger partial charge in [0.15, 0.2) is 0 Å². The molecule has 11 heteroatoms. The van der Waals surface area contributed by atoms with Crippen LogP contribution in [0.4, 0.5) is 0 Å². The summed E-state index contributed by atoms with van der Waals surface area (Å²) in [5, 5.41) is 6.32. The van der Waals surface area contributed by atoms with Gasteiger partial charge in [0.25, 0.3) is 0 Å². The van der Waals surface area contributed by atoms with Crippen LogP contribution in [0.2, 0.25) is 25.7 Å². The first-order valence-electron chi connectivity index (χ1n) is 16.6. The van der Waals surface area contributed by atoms with E-state index >= 15 is 0 Å². The summed E-state index contributed by atoms with van der Waals surface area (Å²) >= 11 is 0. The summed E-state index contributed by atoms with van der Waals surface area (Å²) in [6.45, 7) is 20.3. The van der Waals surface area contributed by atoms with E-state index in [4.69, 9.17) is 18.7 Å². The molecule has 0 radical (unpaired) electrons. The Bertz CT molecular complexity index is 1390. The maximum atomic E-state index is 13.9. The normalized spacial score (nSPS) is 16.9. The molecule has 1 aromatic rings. The highest BCUT2D eigenvalue weighted by Gasteiger charge is 2.33. The molecule has 2 aliphatic rings. The number of fused-ring (bicyclic) bond motifs is 1. The quantitative estimate of drug-likeness (QED) is 0.0541. The van der Waals surface area contributed by atoms with E-state index in [1.807, 2.05) is 18.2 Å². The maximum Gasteiger partial charge on any atom is 0.342 e. The van der Waals surface area contributed by atoms with Gasteiger partial charge in [-0.1, -0.05) is 44.3 Å². The average Bonchev–Trinajstić information content (AvgIpc) is 3.36. The van der Waals surface area contributed by atoms with Gasteiger partial charge in [0, 0.05) is 32.3 Å². The van der Waals surface area contributed by atoms with Crippen LogP contribution >= 0.6 is 7.52 Å². The number of carbonyl (C=O) groups excluding carboxylic acids is 2. The summed E-state index contributed by atoms with van der Waals surface area (Å²) in [6, 6.07) is 0.212. The van der Waals surface area contributed by atoms with Gasteiger partial charge in [-0.15, -0.1) is 0 Å². The number of nitrogens with one attached hydrogen (secondary N) is 2. The second kappa shape index (κ2) is 17.0. The molecule has 1 aromatic carbocycles. The number of benzene rings is 1. The fourth-order valence-corrected chi connectivity index (χ4v) is 8.06. The van der Waals surface area contributed by atoms with Crippen LogP contribution in [0, 0.1) is 6.92 Å². The number of hydrogen-bond acceptors (Lipinski definition) is 8. The Morgan fingerprint density at radius 3 is 2.54 bits per heavy atom. The van der Waals surface area contributed by atoms with Crippen molar-refractivity contribution in [2.45, 2.75) is 112 Å². The molecule has 0 saturated carbocycles. The van der Waals surface area contributed by atoms with Gasteiger partial charge in [-0.25, -0.2) is 9.88 Å². The number of allylic oxidation sites excluding steroid dienone is 4. The Morgan fingerprint density at radius 2 is 1.91 bits per heavy atom. The van der Waals surface area contributed by atoms with E-state index < -0.39 is 27.6 Å². The third-order valence-corrected chi connectivity index (χ3v) is 11.8. The fourth-order valence-electron chi connectivity index (χ4n) is 5.45. The highest BCUT2D eigenvalue weighted by molar-refractivity contribution is 7.57. The molecule has 3 rings (SSSR count). The number of ether oxygens (including phenoxy) is 3. The van der Waals surface area contributed by atoms with Crippen molar-refractivity contribution in [2.75, 3.05) is 25.9 Å². The lowest BCUT2D eigenvalue weighted by Gasteiger charge is -2.25. The molecule has 2 atom stereocenters. The van der Waals surface area contributed by atoms with E-state index in [0.717, 1.165) is 47.6 Å². The molecule has 1 aliphatic carbocycles. The summed E-state index contributed by atoms with van der Waals surface area (Å²) in [7, 11) is -4.76. The van der Waals surface area contributed by atoms with Crippen molar-refractivity contribution in [1.82, 2.24) is 10.4 Å². The zero-order valence-corrected chi connectivity index (χ0v) is 31.2. The van der Waals surface area contributed by atoms with Crippen LogP contribution in [0.1, 0.15) is 80.1 Å². The molecule has 0 amide bonds. The predicted molar refractivity (Wildman–Crippen MR) is 187 cm³/mol. The Labute approximate surface area is 277 Å². The summed E-state index contributed by atoms with van der Waals surface area (Å²) in [4.78, 5) is 25.3. The number of rotatable bonds is 18. The lowest BCUT2D eigenvalue weighted by molar-refractivity contribution is -0.149. The van der Waals surface area contributed by atoms with Gasteiger partial charge in [0.05, 0.1) is 18.9 Å². The molecule has 9 nitrogen and oxygen atoms in total. The van der Waals surface area contributed by atoms with Crippen molar-refractivity contribution in [3.63, 3.8) is 0 Å². The molecule has 46 heavy (non-hydrogen) atoms. The van der Waals surface area contributed by atoms with Gasteiger partial charge < -0.3 is 24.1 Å². The molecule has 0 spiro atoms. The van der Waals surface area contributed by atoms with Crippen LogP contribution in [0.25, 0.3) is 0 Å². The molecule has 0 saturated heterocycles. The van der Waals surface area contributed by atoms with Gasteiger partial charge in [-0.05, 0) is 89.6 Å². The minimum Gasteiger partial charge on any atom is -0.493 e. The molecular weight excluding hydrogens is 619 g/mol. The van der Waals surface area contributed by atoms with Crippen LogP contribution in [0.5, 0.6) is 5.75 Å². The van der Waals surface area contributed by atoms with Gasteiger partial charge in [0.2, 0.25) is 0 Å². The minimum atomic E-state index is -3.43. The highest BCUT2D eigenvalue weighted by Crippen LogP contribution is 2.46. The fraction of sp³-hybridized carbons (Fsp3) is 0.600. The predicted octanol–water partition coefficient (Wildman–Crippen LogP) is 7.40. The van der Waals surface area contributed by atoms with Gasteiger partial charge in [-0.2, -0.15) is 0 Å². The van der Waals surface area contributed by atoms with Gasteiger partial charge in [0.1, 0.15) is 29.7 Å². The molecular formula is C35H55N2O7PSi. The van der Waals surface area contributed by atoms with E-state index in [1.165, 1.54) is 5.56 Å². The van der Waals surface area contributed by atoms with Crippen molar-refractivity contribution in [3.05, 3.63) is 63.5 Å². The lowest BCUT2D eigenvalue weighted by Crippen LogP contribution is -2.36. The van der Waals surface area contributed by atoms with Gasteiger partial charge >= 0.3 is 19.5 Å². The monoisotopic (exact) mass is 674 g/mol. The number of carbonyl (C=O) groups is 2. The summed E-state index contributed by atoms with van der Waals surface area (Å²) in [5.41, 5.74) is 6.00. The Balaban J connectivity index is 1.71. The molecule has 1 unspecified atom stereocenters. The SMILES string of the molecule is CCc1c(C)c2c(c(OCC[Si](C)(C)C)c1C/C=C(\C)CNCCP(=O)(N[C@@H](C)C(=O)OC(C)C)OC1=CCCC=C1)C(=O)OC2. The topological polar surface area (TPSA) is 112 Å². The van der Waals surface area contributed by atoms with E-state index in [-0.39, 0.29) is 18.2 Å². The largest absolute Gasteiger partial charge is 0.493 e. The first kappa shape index (κ1) is 37.8.